The minimum absolute atomic E-state index is 0.503. The molecule has 1 aliphatic heterocycles. The van der Waals surface area contributed by atoms with Gasteiger partial charge in [-0.2, -0.15) is 5.10 Å². The fourth-order valence-corrected chi connectivity index (χ4v) is 2.60. The molecule has 0 spiro atoms. The van der Waals surface area contributed by atoms with Crippen molar-refractivity contribution < 1.29 is 0 Å². The smallest absolute Gasteiger partial charge is 0.0686 e. The first-order chi connectivity index (χ1) is 7.84. The molecule has 3 heteroatoms. The number of fused-ring (bicyclic) bond motifs is 1. The van der Waals surface area contributed by atoms with Crippen LogP contribution in [0.1, 0.15) is 19.4 Å². The molecule has 1 N–H and O–H groups in total. The Bertz CT molecular complexity index is 489. The molecular formula is C13H17N3. The zero-order valence-corrected chi connectivity index (χ0v) is 9.56. The molecule has 2 heterocycles. The maximum absolute atomic E-state index is 4.53. The monoisotopic (exact) mass is 215 g/mol. The lowest BCUT2D eigenvalue weighted by Crippen LogP contribution is -2.36. The summed E-state index contributed by atoms with van der Waals surface area (Å²) in [6, 6.07) is 8.93. The van der Waals surface area contributed by atoms with Crippen LogP contribution in [0.2, 0.25) is 0 Å². The zero-order valence-electron chi connectivity index (χ0n) is 9.56. The van der Waals surface area contributed by atoms with Gasteiger partial charge in [-0.3, -0.25) is 4.68 Å². The van der Waals surface area contributed by atoms with Crippen LogP contribution in [0.25, 0.3) is 10.9 Å². The van der Waals surface area contributed by atoms with Gasteiger partial charge in [0.1, 0.15) is 0 Å². The van der Waals surface area contributed by atoms with E-state index < -0.39 is 0 Å². The average molecular weight is 215 g/mol. The van der Waals surface area contributed by atoms with Crippen LogP contribution in [0.15, 0.2) is 30.5 Å². The van der Waals surface area contributed by atoms with E-state index in [0.717, 1.165) is 19.0 Å². The van der Waals surface area contributed by atoms with Crippen LogP contribution >= 0.6 is 0 Å². The van der Waals surface area contributed by atoms with E-state index in [9.17, 15) is 0 Å². The predicted octanol–water partition coefficient (Wildman–Crippen LogP) is 2.21. The predicted molar refractivity (Wildman–Crippen MR) is 65.4 cm³/mol. The summed E-state index contributed by atoms with van der Waals surface area (Å²) in [5, 5.41) is 9.24. The third kappa shape index (κ3) is 1.61. The van der Waals surface area contributed by atoms with Crippen LogP contribution in [0.5, 0.6) is 0 Å². The van der Waals surface area contributed by atoms with Crippen molar-refractivity contribution in [1.29, 1.82) is 0 Å². The molecule has 0 saturated carbocycles. The SMILES string of the molecule is CC1CNCC(n2ncc3ccccc32)C1. The van der Waals surface area contributed by atoms with Gasteiger partial charge in [-0.25, -0.2) is 0 Å². The summed E-state index contributed by atoms with van der Waals surface area (Å²) in [6.07, 6.45) is 3.19. The molecule has 0 radical (unpaired) electrons. The van der Waals surface area contributed by atoms with Crippen molar-refractivity contribution >= 4 is 10.9 Å². The number of benzene rings is 1. The molecule has 1 aromatic heterocycles. The van der Waals surface area contributed by atoms with Gasteiger partial charge in [0.15, 0.2) is 0 Å². The third-order valence-corrected chi connectivity index (χ3v) is 3.40. The van der Waals surface area contributed by atoms with Crippen molar-refractivity contribution in [1.82, 2.24) is 15.1 Å². The Hall–Kier alpha value is -1.35. The topological polar surface area (TPSA) is 29.9 Å². The van der Waals surface area contributed by atoms with Gasteiger partial charge in [0.2, 0.25) is 0 Å². The van der Waals surface area contributed by atoms with Crippen molar-refractivity contribution in [3.63, 3.8) is 0 Å². The zero-order chi connectivity index (χ0) is 11.0. The molecule has 1 aliphatic rings. The Morgan fingerprint density at radius 2 is 2.19 bits per heavy atom. The number of hydrogen-bond acceptors (Lipinski definition) is 2. The van der Waals surface area contributed by atoms with E-state index in [2.05, 4.69) is 46.3 Å². The second-order valence-corrected chi connectivity index (χ2v) is 4.80. The summed E-state index contributed by atoms with van der Waals surface area (Å²) < 4.78 is 2.18. The molecule has 2 unspecified atom stereocenters. The number of hydrogen-bond donors (Lipinski definition) is 1. The van der Waals surface area contributed by atoms with Crippen molar-refractivity contribution in [3.8, 4) is 0 Å². The summed E-state index contributed by atoms with van der Waals surface area (Å²) in [4.78, 5) is 0. The summed E-state index contributed by atoms with van der Waals surface area (Å²) in [5.74, 6) is 0.738. The largest absolute Gasteiger partial charge is 0.314 e. The Morgan fingerprint density at radius 3 is 3.06 bits per heavy atom. The summed E-state index contributed by atoms with van der Waals surface area (Å²) in [6.45, 7) is 4.47. The van der Waals surface area contributed by atoms with E-state index in [0.29, 0.717) is 6.04 Å². The summed E-state index contributed by atoms with van der Waals surface area (Å²) in [5.41, 5.74) is 1.25. The highest BCUT2D eigenvalue weighted by atomic mass is 15.3. The van der Waals surface area contributed by atoms with Gasteiger partial charge in [0, 0.05) is 11.9 Å². The summed E-state index contributed by atoms with van der Waals surface area (Å²) in [7, 11) is 0. The lowest BCUT2D eigenvalue weighted by molar-refractivity contribution is 0.290. The van der Waals surface area contributed by atoms with Crippen LogP contribution in [0, 0.1) is 5.92 Å². The van der Waals surface area contributed by atoms with Gasteiger partial charge in [-0.1, -0.05) is 25.1 Å². The average Bonchev–Trinajstić information content (AvgIpc) is 2.72. The van der Waals surface area contributed by atoms with Crippen LogP contribution in [-0.4, -0.2) is 22.9 Å². The molecule has 1 fully saturated rings. The molecule has 0 amide bonds. The first-order valence-corrected chi connectivity index (χ1v) is 5.97. The lowest BCUT2D eigenvalue weighted by Gasteiger charge is -2.28. The highest BCUT2D eigenvalue weighted by Gasteiger charge is 2.21. The number of piperidine rings is 1. The van der Waals surface area contributed by atoms with Crippen molar-refractivity contribution in [2.45, 2.75) is 19.4 Å². The van der Waals surface area contributed by atoms with Gasteiger partial charge < -0.3 is 5.32 Å². The number of para-hydroxylation sites is 1. The second-order valence-electron chi connectivity index (χ2n) is 4.80. The first kappa shape index (κ1) is 9.85. The Balaban J connectivity index is 1.99. The van der Waals surface area contributed by atoms with E-state index in [1.165, 1.54) is 17.3 Å². The molecule has 1 saturated heterocycles. The van der Waals surface area contributed by atoms with Crippen LogP contribution < -0.4 is 5.32 Å². The quantitative estimate of drug-likeness (QED) is 0.790. The van der Waals surface area contributed by atoms with Gasteiger partial charge in [-0.05, 0) is 24.9 Å². The van der Waals surface area contributed by atoms with Crippen LogP contribution in [0.3, 0.4) is 0 Å². The molecule has 84 valence electrons. The van der Waals surface area contributed by atoms with Crippen molar-refractivity contribution in [2.75, 3.05) is 13.1 Å². The van der Waals surface area contributed by atoms with Crippen molar-refractivity contribution in [3.05, 3.63) is 30.5 Å². The minimum atomic E-state index is 0.503. The molecule has 16 heavy (non-hydrogen) atoms. The standard InChI is InChI=1S/C13H17N3/c1-10-6-12(9-14-7-10)16-13-5-3-2-4-11(13)8-15-16/h2-5,8,10,12,14H,6-7,9H2,1H3. The van der Waals surface area contributed by atoms with E-state index >= 15 is 0 Å². The second kappa shape index (κ2) is 3.91. The number of nitrogens with one attached hydrogen (secondary N) is 1. The van der Waals surface area contributed by atoms with E-state index in [1.807, 2.05) is 6.20 Å². The molecule has 3 nitrogen and oxygen atoms in total. The number of aromatic nitrogens is 2. The van der Waals surface area contributed by atoms with Gasteiger partial charge in [0.25, 0.3) is 0 Å². The van der Waals surface area contributed by atoms with Crippen LogP contribution in [-0.2, 0) is 0 Å². The third-order valence-electron chi connectivity index (χ3n) is 3.40. The highest BCUT2D eigenvalue weighted by Crippen LogP contribution is 2.24. The normalized spacial score (nSPS) is 26.1. The molecule has 0 aliphatic carbocycles. The Labute approximate surface area is 95.5 Å². The molecule has 2 atom stereocenters. The van der Waals surface area contributed by atoms with Gasteiger partial charge in [-0.15, -0.1) is 0 Å². The molecule has 3 rings (SSSR count). The fraction of sp³-hybridized carbons (Fsp3) is 0.462. The van der Waals surface area contributed by atoms with Gasteiger partial charge in [0.05, 0.1) is 17.8 Å². The van der Waals surface area contributed by atoms with E-state index in [4.69, 9.17) is 0 Å². The Kier molecular flexibility index (Phi) is 2.40. The molecule has 2 aromatic rings. The van der Waals surface area contributed by atoms with Crippen LogP contribution in [0.4, 0.5) is 0 Å². The Morgan fingerprint density at radius 1 is 1.31 bits per heavy atom. The molecular weight excluding hydrogens is 198 g/mol. The van der Waals surface area contributed by atoms with Gasteiger partial charge >= 0.3 is 0 Å². The number of nitrogens with zero attached hydrogens (tertiary/aromatic N) is 2. The highest BCUT2D eigenvalue weighted by molar-refractivity contribution is 5.78. The maximum Gasteiger partial charge on any atom is 0.0686 e. The first-order valence-electron chi connectivity index (χ1n) is 5.97. The fourth-order valence-electron chi connectivity index (χ4n) is 2.60. The lowest BCUT2D eigenvalue weighted by atomic mass is 9.98. The molecule has 1 aromatic carbocycles. The molecule has 0 bridgehead atoms. The van der Waals surface area contributed by atoms with E-state index in [-0.39, 0.29) is 0 Å². The van der Waals surface area contributed by atoms with Crippen molar-refractivity contribution in [2.24, 2.45) is 5.92 Å². The summed E-state index contributed by atoms with van der Waals surface area (Å²) >= 11 is 0. The maximum atomic E-state index is 4.53. The minimum Gasteiger partial charge on any atom is -0.314 e. The number of rotatable bonds is 1. The van der Waals surface area contributed by atoms with E-state index in [1.54, 1.807) is 0 Å².